The largest absolute Gasteiger partial charge is 0.397 e. The fourth-order valence-corrected chi connectivity index (χ4v) is 2.55. The first-order valence-corrected chi connectivity index (χ1v) is 7.72. The van der Waals surface area contributed by atoms with Gasteiger partial charge in [-0.15, -0.1) is 0 Å². The zero-order valence-electron chi connectivity index (χ0n) is 13.1. The Labute approximate surface area is 132 Å². The fraction of sp³-hybridized carbons (Fsp3) is 0.444. The topological polar surface area (TPSA) is 67.5 Å². The van der Waals surface area contributed by atoms with E-state index >= 15 is 0 Å². The minimum absolute atomic E-state index is 0.129. The highest BCUT2D eigenvalue weighted by Crippen LogP contribution is 2.16. The molecule has 1 atom stereocenters. The van der Waals surface area contributed by atoms with E-state index in [-0.39, 0.29) is 12.7 Å². The van der Waals surface area contributed by atoms with Crippen molar-refractivity contribution in [2.24, 2.45) is 5.73 Å². The molecule has 4 N–H and O–H groups in total. The van der Waals surface area contributed by atoms with Crippen LogP contribution in [0.4, 0.5) is 0 Å². The van der Waals surface area contributed by atoms with Gasteiger partial charge in [-0.05, 0) is 43.9 Å². The molecule has 1 saturated heterocycles. The lowest BCUT2D eigenvalue weighted by molar-refractivity contribution is 0.0188. The maximum absolute atomic E-state index is 8.72. The first-order valence-electron chi connectivity index (χ1n) is 7.72. The van der Waals surface area contributed by atoms with Gasteiger partial charge in [0.25, 0.3) is 0 Å². The number of ether oxygens (including phenoxy) is 1. The van der Waals surface area contributed by atoms with Crippen molar-refractivity contribution in [2.45, 2.75) is 32.3 Å². The van der Waals surface area contributed by atoms with Gasteiger partial charge in [0.05, 0.1) is 11.8 Å². The summed E-state index contributed by atoms with van der Waals surface area (Å²) in [6.45, 7) is 3.53. The summed E-state index contributed by atoms with van der Waals surface area (Å²) in [5.41, 5.74) is 9.78. The summed E-state index contributed by atoms with van der Waals surface area (Å²) >= 11 is 0. The second-order valence-electron chi connectivity index (χ2n) is 5.49. The first kappa shape index (κ1) is 16.4. The van der Waals surface area contributed by atoms with E-state index < -0.39 is 0 Å². The van der Waals surface area contributed by atoms with E-state index in [1.54, 1.807) is 0 Å². The number of aliphatic hydroxyl groups excluding tert-OH is 1. The summed E-state index contributed by atoms with van der Waals surface area (Å²) in [4.78, 5) is 0. The number of hydrogen-bond donors (Lipinski definition) is 3. The van der Waals surface area contributed by atoms with Crippen molar-refractivity contribution in [1.29, 1.82) is 0 Å². The van der Waals surface area contributed by atoms with Crippen LogP contribution in [0.15, 0.2) is 24.4 Å². The molecule has 0 aromatic heterocycles. The second kappa shape index (κ2) is 8.47. The molecule has 0 amide bonds. The standard InChI is InChI=1S/C18H24N2O2/c1-14-11-15(5-4-9-21)7-8-17(14)18(19)13-20-12-16-6-2-3-10-22-16/h7-8,11,13,16,20-21H,2-3,6,9-10,12,19H2,1H3/b18-13-. The Morgan fingerprint density at radius 1 is 1.50 bits per heavy atom. The molecule has 4 heteroatoms. The van der Waals surface area contributed by atoms with Crippen LogP contribution in [0.2, 0.25) is 0 Å². The van der Waals surface area contributed by atoms with Crippen molar-refractivity contribution >= 4 is 5.70 Å². The van der Waals surface area contributed by atoms with E-state index in [9.17, 15) is 0 Å². The summed E-state index contributed by atoms with van der Waals surface area (Å²) in [6, 6.07) is 5.85. The Hall–Kier alpha value is -1.96. The number of rotatable bonds is 4. The highest BCUT2D eigenvalue weighted by Gasteiger charge is 2.12. The van der Waals surface area contributed by atoms with Crippen molar-refractivity contribution in [3.05, 3.63) is 41.1 Å². The quantitative estimate of drug-likeness (QED) is 0.741. The van der Waals surface area contributed by atoms with E-state index in [2.05, 4.69) is 17.2 Å². The van der Waals surface area contributed by atoms with Gasteiger partial charge in [-0.2, -0.15) is 0 Å². The van der Waals surface area contributed by atoms with E-state index in [0.29, 0.717) is 5.70 Å². The van der Waals surface area contributed by atoms with Gasteiger partial charge in [-0.3, -0.25) is 0 Å². The minimum atomic E-state index is -0.129. The van der Waals surface area contributed by atoms with Gasteiger partial charge in [-0.25, -0.2) is 0 Å². The van der Waals surface area contributed by atoms with Gasteiger partial charge >= 0.3 is 0 Å². The predicted octanol–water partition coefficient (Wildman–Crippen LogP) is 1.75. The summed E-state index contributed by atoms with van der Waals surface area (Å²) < 4.78 is 5.67. The smallest absolute Gasteiger partial charge is 0.104 e. The van der Waals surface area contributed by atoms with Gasteiger partial charge in [0.15, 0.2) is 0 Å². The van der Waals surface area contributed by atoms with Gasteiger partial charge in [0.2, 0.25) is 0 Å². The summed E-state index contributed by atoms with van der Waals surface area (Å²) in [7, 11) is 0. The highest BCUT2D eigenvalue weighted by atomic mass is 16.5. The molecule has 1 fully saturated rings. The molecule has 0 saturated carbocycles. The van der Waals surface area contributed by atoms with Crippen LogP contribution >= 0.6 is 0 Å². The van der Waals surface area contributed by atoms with E-state index in [1.165, 1.54) is 12.8 Å². The predicted molar refractivity (Wildman–Crippen MR) is 88.9 cm³/mol. The van der Waals surface area contributed by atoms with E-state index in [1.807, 2.05) is 31.3 Å². The lowest BCUT2D eigenvalue weighted by Gasteiger charge is -2.22. The van der Waals surface area contributed by atoms with Crippen LogP contribution in [0, 0.1) is 18.8 Å². The van der Waals surface area contributed by atoms with Gasteiger partial charge < -0.3 is 20.9 Å². The average Bonchev–Trinajstić information content (AvgIpc) is 2.54. The Morgan fingerprint density at radius 3 is 3.05 bits per heavy atom. The molecule has 1 aromatic rings. The van der Waals surface area contributed by atoms with E-state index in [0.717, 1.165) is 36.3 Å². The van der Waals surface area contributed by atoms with Crippen molar-refractivity contribution in [2.75, 3.05) is 19.8 Å². The number of nitrogens with one attached hydrogen (secondary N) is 1. The Balaban J connectivity index is 1.95. The third-order valence-electron chi connectivity index (χ3n) is 3.73. The van der Waals surface area contributed by atoms with Crippen LogP contribution in [-0.2, 0) is 4.74 Å². The molecule has 2 rings (SSSR count). The second-order valence-corrected chi connectivity index (χ2v) is 5.49. The Morgan fingerprint density at radius 2 is 2.36 bits per heavy atom. The van der Waals surface area contributed by atoms with Crippen LogP contribution in [0.5, 0.6) is 0 Å². The summed E-state index contributed by atoms with van der Waals surface area (Å²) in [5.74, 6) is 5.54. The zero-order chi connectivity index (χ0) is 15.8. The highest BCUT2D eigenvalue weighted by molar-refractivity contribution is 5.66. The van der Waals surface area contributed by atoms with Gasteiger partial charge in [-0.1, -0.05) is 17.9 Å². The van der Waals surface area contributed by atoms with Crippen molar-refractivity contribution in [3.63, 3.8) is 0 Å². The number of nitrogens with two attached hydrogens (primary N) is 1. The molecule has 1 aliphatic heterocycles. The molecule has 1 aromatic carbocycles. The molecular weight excluding hydrogens is 276 g/mol. The molecule has 1 unspecified atom stereocenters. The number of benzene rings is 1. The maximum Gasteiger partial charge on any atom is 0.104 e. The van der Waals surface area contributed by atoms with Crippen LogP contribution in [0.25, 0.3) is 5.70 Å². The minimum Gasteiger partial charge on any atom is -0.397 e. The maximum atomic E-state index is 8.72. The van der Waals surface area contributed by atoms with Gasteiger partial charge in [0.1, 0.15) is 6.61 Å². The Bertz CT molecular complexity index is 578. The molecule has 22 heavy (non-hydrogen) atoms. The number of aryl methyl sites for hydroxylation is 1. The lowest BCUT2D eigenvalue weighted by atomic mass is 10.0. The molecule has 1 aliphatic rings. The molecule has 1 heterocycles. The van der Waals surface area contributed by atoms with Crippen molar-refractivity contribution < 1.29 is 9.84 Å². The molecule has 0 bridgehead atoms. The van der Waals surface area contributed by atoms with Crippen LogP contribution in [0.3, 0.4) is 0 Å². The van der Waals surface area contributed by atoms with Crippen molar-refractivity contribution in [1.82, 2.24) is 5.32 Å². The average molecular weight is 300 g/mol. The summed E-state index contributed by atoms with van der Waals surface area (Å²) in [6.07, 6.45) is 5.65. The SMILES string of the molecule is Cc1cc(C#CCO)ccc1/C(N)=C/NCC1CCCCO1. The normalized spacial score (nSPS) is 18.5. The number of aliphatic hydroxyl groups is 1. The van der Waals surface area contributed by atoms with Crippen molar-refractivity contribution in [3.8, 4) is 11.8 Å². The van der Waals surface area contributed by atoms with Crippen LogP contribution in [0.1, 0.15) is 36.0 Å². The molecule has 118 valence electrons. The Kier molecular flexibility index (Phi) is 6.32. The third-order valence-corrected chi connectivity index (χ3v) is 3.73. The molecule has 4 nitrogen and oxygen atoms in total. The van der Waals surface area contributed by atoms with Gasteiger partial charge in [0, 0.05) is 30.5 Å². The van der Waals surface area contributed by atoms with Crippen LogP contribution in [-0.4, -0.2) is 31.0 Å². The zero-order valence-corrected chi connectivity index (χ0v) is 13.1. The first-order chi connectivity index (χ1) is 10.7. The molecule has 0 radical (unpaired) electrons. The molecule has 0 aliphatic carbocycles. The summed E-state index contributed by atoms with van der Waals surface area (Å²) in [5, 5.41) is 12.0. The molecular formula is C18H24N2O2. The van der Waals surface area contributed by atoms with E-state index in [4.69, 9.17) is 15.6 Å². The fourth-order valence-electron chi connectivity index (χ4n) is 2.55. The monoisotopic (exact) mass is 300 g/mol. The number of hydrogen-bond acceptors (Lipinski definition) is 4. The lowest BCUT2D eigenvalue weighted by Crippen LogP contribution is -2.29. The van der Waals surface area contributed by atoms with Crippen LogP contribution < -0.4 is 11.1 Å². The molecule has 0 spiro atoms. The third kappa shape index (κ3) is 4.80.